The fraction of sp³-hybridized carbons (Fsp3) is 0.125. The maximum atomic E-state index is 2.23. The molecular weight excluding hydrogens is 224 g/mol. The average Bonchev–Trinajstić information content (AvgIpc) is 2.41. The Morgan fingerprint density at radius 3 is 2.18 bits per heavy atom. The van der Waals surface area contributed by atoms with Crippen molar-refractivity contribution in [3.63, 3.8) is 0 Å². The quantitative estimate of drug-likeness (QED) is 0.686. The molecule has 17 heavy (non-hydrogen) atoms. The van der Waals surface area contributed by atoms with Crippen molar-refractivity contribution in [3.8, 4) is 0 Å². The van der Waals surface area contributed by atoms with Crippen molar-refractivity contribution in [2.75, 3.05) is 5.75 Å². The van der Waals surface area contributed by atoms with Gasteiger partial charge in [0.25, 0.3) is 0 Å². The molecule has 0 fully saturated rings. The molecule has 0 atom stereocenters. The molecule has 0 unspecified atom stereocenters. The van der Waals surface area contributed by atoms with Gasteiger partial charge in [0.15, 0.2) is 0 Å². The summed E-state index contributed by atoms with van der Waals surface area (Å²) in [6, 6.07) is 21.0. The molecule has 0 aliphatic heterocycles. The van der Waals surface area contributed by atoms with Gasteiger partial charge in [0, 0.05) is 11.5 Å². The van der Waals surface area contributed by atoms with E-state index in [9.17, 15) is 0 Å². The summed E-state index contributed by atoms with van der Waals surface area (Å²) in [5, 5.41) is 0. The first-order valence-corrected chi connectivity index (χ1v) is 6.94. The molecule has 2 aromatic rings. The maximum absolute atomic E-state index is 2.23. The molecule has 86 valence electrons. The Morgan fingerprint density at radius 1 is 0.824 bits per heavy atom. The lowest BCUT2D eigenvalue weighted by molar-refractivity contribution is 1.41. The molecule has 0 N–H and O–H groups in total. The van der Waals surface area contributed by atoms with Gasteiger partial charge in [-0.15, -0.1) is 0 Å². The van der Waals surface area contributed by atoms with Crippen molar-refractivity contribution >= 4 is 17.8 Å². The summed E-state index contributed by atoms with van der Waals surface area (Å²) in [5.41, 5.74) is 2.67. The summed E-state index contributed by atoms with van der Waals surface area (Å²) in [7, 11) is 0. The highest BCUT2D eigenvalue weighted by atomic mass is 32.2. The Balaban J connectivity index is 1.72. The Labute approximate surface area is 107 Å². The predicted molar refractivity (Wildman–Crippen MR) is 78.1 cm³/mol. The minimum absolute atomic E-state index is 1.06. The molecule has 2 aromatic carbocycles. The van der Waals surface area contributed by atoms with Crippen molar-refractivity contribution in [2.45, 2.75) is 5.75 Å². The second-order valence-corrected chi connectivity index (χ2v) is 4.84. The van der Waals surface area contributed by atoms with E-state index in [0.29, 0.717) is 0 Å². The normalized spacial score (nSPS) is 10.8. The van der Waals surface area contributed by atoms with Gasteiger partial charge in [0.05, 0.1) is 0 Å². The first-order valence-electron chi connectivity index (χ1n) is 5.78. The van der Waals surface area contributed by atoms with Gasteiger partial charge >= 0.3 is 0 Å². The van der Waals surface area contributed by atoms with Crippen molar-refractivity contribution in [1.29, 1.82) is 0 Å². The van der Waals surface area contributed by atoms with Crippen LogP contribution in [-0.4, -0.2) is 5.75 Å². The largest absolute Gasteiger partial charge is 0.153 e. The molecule has 0 radical (unpaired) electrons. The van der Waals surface area contributed by atoms with Crippen molar-refractivity contribution in [3.05, 3.63) is 77.9 Å². The van der Waals surface area contributed by atoms with Crippen LogP contribution in [0.15, 0.2) is 66.7 Å². The fourth-order valence-corrected chi connectivity index (χ4v) is 2.35. The van der Waals surface area contributed by atoms with E-state index >= 15 is 0 Å². The van der Waals surface area contributed by atoms with Crippen LogP contribution in [0.1, 0.15) is 11.1 Å². The van der Waals surface area contributed by atoms with Gasteiger partial charge < -0.3 is 0 Å². The predicted octanol–water partition coefficient (Wildman–Crippen LogP) is 4.63. The van der Waals surface area contributed by atoms with Crippen LogP contribution in [0.4, 0.5) is 0 Å². The number of rotatable bonds is 5. The van der Waals surface area contributed by atoms with Gasteiger partial charge in [-0.3, -0.25) is 0 Å². The molecule has 0 spiro atoms. The minimum atomic E-state index is 1.06. The maximum Gasteiger partial charge on any atom is 0.0187 e. The van der Waals surface area contributed by atoms with Crippen molar-refractivity contribution < 1.29 is 0 Å². The highest BCUT2D eigenvalue weighted by Gasteiger charge is 1.90. The minimum Gasteiger partial charge on any atom is -0.153 e. The fourth-order valence-electron chi connectivity index (χ4n) is 1.57. The van der Waals surface area contributed by atoms with Crippen LogP contribution in [0, 0.1) is 0 Å². The van der Waals surface area contributed by atoms with Crippen LogP contribution in [0.5, 0.6) is 0 Å². The zero-order valence-corrected chi connectivity index (χ0v) is 10.6. The summed E-state index contributed by atoms with van der Waals surface area (Å²) in [4.78, 5) is 0. The first kappa shape index (κ1) is 12.0. The van der Waals surface area contributed by atoms with Gasteiger partial charge in [0.1, 0.15) is 0 Å². The van der Waals surface area contributed by atoms with E-state index < -0.39 is 0 Å². The second kappa shape index (κ2) is 6.97. The van der Waals surface area contributed by atoms with Gasteiger partial charge in [-0.25, -0.2) is 0 Å². The Kier molecular flexibility index (Phi) is 4.92. The number of hydrogen-bond donors (Lipinski definition) is 0. The third kappa shape index (κ3) is 4.49. The van der Waals surface area contributed by atoms with Crippen LogP contribution in [0.2, 0.25) is 0 Å². The third-order valence-electron chi connectivity index (χ3n) is 2.44. The zero-order valence-electron chi connectivity index (χ0n) is 9.75. The van der Waals surface area contributed by atoms with E-state index in [1.165, 1.54) is 11.1 Å². The monoisotopic (exact) mass is 240 g/mol. The third-order valence-corrected chi connectivity index (χ3v) is 3.40. The lowest BCUT2D eigenvalue weighted by atomic mass is 10.2. The zero-order chi connectivity index (χ0) is 11.8. The second-order valence-electron chi connectivity index (χ2n) is 3.81. The van der Waals surface area contributed by atoms with Crippen molar-refractivity contribution in [1.82, 2.24) is 0 Å². The summed E-state index contributed by atoms with van der Waals surface area (Å²) in [6.07, 6.45) is 4.40. The summed E-state index contributed by atoms with van der Waals surface area (Å²) >= 11 is 1.94. The Bertz CT molecular complexity index is 445. The molecule has 0 bridgehead atoms. The Morgan fingerprint density at radius 2 is 1.47 bits per heavy atom. The molecule has 0 aliphatic rings. The number of thioether (sulfide) groups is 1. The molecule has 0 saturated heterocycles. The van der Waals surface area contributed by atoms with E-state index in [2.05, 4.69) is 66.7 Å². The standard InChI is InChI=1S/C16H16S/c1-3-8-15(9-4-1)12-7-13-17-14-16-10-5-2-6-11-16/h1-12H,13-14H2/b12-7+. The van der Waals surface area contributed by atoms with Crippen molar-refractivity contribution in [2.24, 2.45) is 0 Å². The molecule has 0 amide bonds. The van der Waals surface area contributed by atoms with Gasteiger partial charge in [-0.1, -0.05) is 72.8 Å². The number of benzene rings is 2. The highest BCUT2D eigenvalue weighted by Crippen LogP contribution is 2.12. The van der Waals surface area contributed by atoms with E-state index in [1.807, 2.05) is 17.8 Å². The van der Waals surface area contributed by atoms with E-state index in [0.717, 1.165) is 11.5 Å². The molecule has 0 nitrogen and oxygen atoms in total. The van der Waals surface area contributed by atoms with Gasteiger partial charge in [-0.05, 0) is 11.1 Å². The summed E-state index contributed by atoms with van der Waals surface area (Å²) in [6.45, 7) is 0. The topological polar surface area (TPSA) is 0 Å². The van der Waals surface area contributed by atoms with E-state index in [4.69, 9.17) is 0 Å². The molecule has 0 heterocycles. The Hall–Kier alpha value is -1.47. The van der Waals surface area contributed by atoms with Crippen LogP contribution >= 0.6 is 11.8 Å². The molecule has 0 aromatic heterocycles. The lowest BCUT2D eigenvalue weighted by Gasteiger charge is -1.98. The first-order chi connectivity index (χ1) is 8.45. The summed E-state index contributed by atoms with van der Waals surface area (Å²) < 4.78 is 0. The average molecular weight is 240 g/mol. The SMILES string of the molecule is C(=C\c1ccccc1)/CSCc1ccccc1. The number of hydrogen-bond acceptors (Lipinski definition) is 1. The molecule has 2 rings (SSSR count). The molecule has 1 heteroatoms. The summed E-state index contributed by atoms with van der Waals surface area (Å²) in [5.74, 6) is 2.14. The van der Waals surface area contributed by atoms with Gasteiger partial charge in [-0.2, -0.15) is 11.8 Å². The van der Waals surface area contributed by atoms with Crippen LogP contribution in [0.3, 0.4) is 0 Å². The molecular formula is C16H16S. The van der Waals surface area contributed by atoms with Crippen LogP contribution in [-0.2, 0) is 5.75 Å². The molecule has 0 aliphatic carbocycles. The van der Waals surface area contributed by atoms with E-state index in [-0.39, 0.29) is 0 Å². The highest BCUT2D eigenvalue weighted by molar-refractivity contribution is 7.98. The van der Waals surface area contributed by atoms with Crippen LogP contribution < -0.4 is 0 Å². The lowest BCUT2D eigenvalue weighted by Crippen LogP contribution is -1.79. The van der Waals surface area contributed by atoms with Gasteiger partial charge in [0.2, 0.25) is 0 Å². The van der Waals surface area contributed by atoms with Crippen LogP contribution in [0.25, 0.3) is 6.08 Å². The smallest absolute Gasteiger partial charge is 0.0187 e. The van der Waals surface area contributed by atoms with E-state index in [1.54, 1.807) is 0 Å². The molecule has 0 saturated carbocycles.